The number of nitrogens with zero attached hydrogens (tertiary/aromatic N) is 4. The molecule has 108 valence electrons. The number of hydrogen-bond acceptors (Lipinski definition) is 4. The number of benzene rings is 1. The molecule has 5 nitrogen and oxygen atoms in total. The molecule has 3 rings (SSSR count). The van der Waals surface area contributed by atoms with Gasteiger partial charge >= 0.3 is 0 Å². The molecule has 0 unspecified atom stereocenters. The summed E-state index contributed by atoms with van der Waals surface area (Å²) < 4.78 is 1.80. The molecule has 5 heteroatoms. The summed E-state index contributed by atoms with van der Waals surface area (Å²) in [6.07, 6.45) is 0. The Hall–Kier alpha value is -2.27. The largest absolute Gasteiger partial charge is 0.313 e. The van der Waals surface area contributed by atoms with E-state index in [-0.39, 0.29) is 0 Å². The molecule has 0 bridgehead atoms. The topological polar surface area (TPSA) is 55.6 Å². The average molecular weight is 281 g/mol. The van der Waals surface area contributed by atoms with Gasteiger partial charge in [0.2, 0.25) is 0 Å². The third kappa shape index (κ3) is 2.64. The summed E-state index contributed by atoms with van der Waals surface area (Å²) in [4.78, 5) is 9.08. The van der Waals surface area contributed by atoms with Crippen molar-refractivity contribution in [1.82, 2.24) is 25.1 Å². The van der Waals surface area contributed by atoms with Crippen LogP contribution in [0.1, 0.15) is 24.1 Å². The molecule has 0 radical (unpaired) electrons. The lowest BCUT2D eigenvalue weighted by Gasteiger charge is -2.10. The van der Waals surface area contributed by atoms with Crippen molar-refractivity contribution in [2.45, 2.75) is 27.3 Å². The van der Waals surface area contributed by atoms with E-state index in [1.54, 1.807) is 4.68 Å². The molecular weight excluding hydrogens is 262 g/mol. The minimum Gasteiger partial charge on any atom is -0.313 e. The Kier molecular flexibility index (Phi) is 3.66. The quantitative estimate of drug-likeness (QED) is 0.798. The average Bonchev–Trinajstić information content (AvgIpc) is 2.83. The fourth-order valence-corrected chi connectivity index (χ4v) is 2.48. The summed E-state index contributed by atoms with van der Waals surface area (Å²) >= 11 is 0. The van der Waals surface area contributed by atoms with Gasteiger partial charge in [0, 0.05) is 11.9 Å². The summed E-state index contributed by atoms with van der Waals surface area (Å²) in [6.45, 7) is 7.70. The number of aryl methyl sites for hydroxylation is 2. The Morgan fingerprint density at radius 1 is 1.14 bits per heavy atom. The Bertz CT molecular complexity index is 775. The third-order valence-corrected chi connectivity index (χ3v) is 3.45. The van der Waals surface area contributed by atoms with Crippen LogP contribution in [0.4, 0.5) is 0 Å². The fourth-order valence-electron chi connectivity index (χ4n) is 2.48. The van der Waals surface area contributed by atoms with Crippen molar-refractivity contribution >= 4 is 10.9 Å². The van der Waals surface area contributed by atoms with E-state index in [2.05, 4.69) is 34.5 Å². The van der Waals surface area contributed by atoms with E-state index in [1.807, 2.05) is 32.0 Å². The SMILES string of the molecule is CCNCc1cc(-n2nc(C)nc2C)nc2ccccc12. The van der Waals surface area contributed by atoms with E-state index in [9.17, 15) is 0 Å². The molecule has 1 aromatic carbocycles. The van der Waals surface area contributed by atoms with E-state index in [4.69, 9.17) is 4.98 Å². The van der Waals surface area contributed by atoms with E-state index >= 15 is 0 Å². The normalized spacial score (nSPS) is 11.2. The summed E-state index contributed by atoms with van der Waals surface area (Å²) in [5, 5.41) is 8.99. The fraction of sp³-hybridized carbons (Fsp3) is 0.312. The first-order chi connectivity index (χ1) is 10.2. The van der Waals surface area contributed by atoms with Gasteiger partial charge < -0.3 is 5.32 Å². The summed E-state index contributed by atoms with van der Waals surface area (Å²) in [5.74, 6) is 2.43. The van der Waals surface area contributed by atoms with Crippen molar-refractivity contribution < 1.29 is 0 Å². The Labute approximate surface area is 124 Å². The van der Waals surface area contributed by atoms with Gasteiger partial charge in [0.25, 0.3) is 0 Å². The van der Waals surface area contributed by atoms with Crippen molar-refractivity contribution in [1.29, 1.82) is 0 Å². The van der Waals surface area contributed by atoms with E-state index in [0.29, 0.717) is 0 Å². The first-order valence-electron chi connectivity index (χ1n) is 7.19. The molecule has 0 aliphatic carbocycles. The van der Waals surface area contributed by atoms with Crippen LogP contribution < -0.4 is 5.32 Å². The van der Waals surface area contributed by atoms with Gasteiger partial charge in [0.1, 0.15) is 11.6 Å². The predicted molar refractivity (Wildman–Crippen MR) is 83.5 cm³/mol. The number of fused-ring (bicyclic) bond motifs is 1. The molecular formula is C16H19N5. The lowest BCUT2D eigenvalue weighted by atomic mass is 10.1. The molecule has 21 heavy (non-hydrogen) atoms. The molecule has 0 aliphatic rings. The van der Waals surface area contributed by atoms with Crippen LogP contribution >= 0.6 is 0 Å². The summed E-state index contributed by atoms with van der Waals surface area (Å²) in [6, 6.07) is 10.3. The van der Waals surface area contributed by atoms with Crippen LogP contribution in [0, 0.1) is 13.8 Å². The highest BCUT2D eigenvalue weighted by Gasteiger charge is 2.10. The zero-order valence-corrected chi connectivity index (χ0v) is 12.6. The van der Waals surface area contributed by atoms with Crippen LogP contribution in [-0.2, 0) is 6.54 Å². The van der Waals surface area contributed by atoms with E-state index in [1.165, 1.54) is 10.9 Å². The van der Waals surface area contributed by atoms with Gasteiger partial charge in [-0.3, -0.25) is 0 Å². The van der Waals surface area contributed by atoms with Crippen molar-refractivity contribution in [2.24, 2.45) is 0 Å². The maximum Gasteiger partial charge on any atom is 0.156 e. The first-order valence-corrected chi connectivity index (χ1v) is 7.19. The zero-order chi connectivity index (χ0) is 14.8. The van der Waals surface area contributed by atoms with E-state index < -0.39 is 0 Å². The van der Waals surface area contributed by atoms with Crippen LogP contribution in [0.15, 0.2) is 30.3 Å². The minimum absolute atomic E-state index is 0.760. The van der Waals surface area contributed by atoms with Crippen LogP contribution in [-0.4, -0.2) is 26.3 Å². The molecule has 2 heterocycles. The van der Waals surface area contributed by atoms with E-state index in [0.717, 1.165) is 36.1 Å². The lowest BCUT2D eigenvalue weighted by molar-refractivity contribution is 0.726. The zero-order valence-electron chi connectivity index (χ0n) is 12.6. The number of pyridine rings is 1. The highest BCUT2D eigenvalue weighted by Crippen LogP contribution is 2.20. The Morgan fingerprint density at radius 2 is 1.95 bits per heavy atom. The molecule has 0 fully saturated rings. The smallest absolute Gasteiger partial charge is 0.156 e. The van der Waals surface area contributed by atoms with Crippen molar-refractivity contribution in [3.05, 3.63) is 47.5 Å². The van der Waals surface area contributed by atoms with Gasteiger partial charge in [-0.1, -0.05) is 25.1 Å². The molecule has 2 aromatic heterocycles. The molecule has 1 N–H and O–H groups in total. The van der Waals surface area contributed by atoms with Crippen LogP contribution in [0.3, 0.4) is 0 Å². The number of rotatable bonds is 4. The van der Waals surface area contributed by atoms with Crippen molar-refractivity contribution in [3.63, 3.8) is 0 Å². The number of aromatic nitrogens is 4. The van der Waals surface area contributed by atoms with Gasteiger partial charge in [0.05, 0.1) is 5.52 Å². The Morgan fingerprint density at radius 3 is 2.67 bits per heavy atom. The highest BCUT2D eigenvalue weighted by atomic mass is 15.4. The number of nitrogens with one attached hydrogen (secondary N) is 1. The maximum absolute atomic E-state index is 4.72. The minimum atomic E-state index is 0.760. The van der Waals surface area contributed by atoms with Crippen LogP contribution in [0.2, 0.25) is 0 Å². The standard InChI is InChI=1S/C16H19N5/c1-4-17-10-13-9-16(21-12(3)18-11(2)20-21)19-15-8-6-5-7-14(13)15/h5-9,17H,4,10H2,1-3H3. The second-order valence-corrected chi connectivity index (χ2v) is 5.06. The van der Waals surface area contributed by atoms with Gasteiger partial charge in [0.15, 0.2) is 5.82 Å². The number of hydrogen-bond donors (Lipinski definition) is 1. The van der Waals surface area contributed by atoms with Gasteiger partial charge in [-0.15, -0.1) is 5.10 Å². The van der Waals surface area contributed by atoms with Gasteiger partial charge in [-0.25, -0.2) is 9.97 Å². The second kappa shape index (κ2) is 5.61. The lowest BCUT2D eigenvalue weighted by Crippen LogP contribution is -2.13. The monoisotopic (exact) mass is 281 g/mol. The third-order valence-electron chi connectivity index (χ3n) is 3.45. The highest BCUT2D eigenvalue weighted by molar-refractivity contribution is 5.83. The van der Waals surface area contributed by atoms with Crippen LogP contribution in [0.25, 0.3) is 16.7 Å². The van der Waals surface area contributed by atoms with Gasteiger partial charge in [-0.05, 0) is 38.1 Å². The summed E-state index contributed by atoms with van der Waals surface area (Å²) in [7, 11) is 0. The summed E-state index contributed by atoms with van der Waals surface area (Å²) in [5.41, 5.74) is 2.21. The first kappa shape index (κ1) is 13.7. The Balaban J connectivity index is 2.17. The van der Waals surface area contributed by atoms with Crippen LogP contribution in [0.5, 0.6) is 0 Å². The molecule has 3 aromatic rings. The molecule has 0 spiro atoms. The number of para-hydroxylation sites is 1. The van der Waals surface area contributed by atoms with Crippen molar-refractivity contribution in [2.75, 3.05) is 6.54 Å². The van der Waals surface area contributed by atoms with Gasteiger partial charge in [-0.2, -0.15) is 4.68 Å². The second-order valence-electron chi connectivity index (χ2n) is 5.06. The molecule has 0 amide bonds. The molecule has 0 saturated heterocycles. The molecule has 0 saturated carbocycles. The predicted octanol–water partition coefficient (Wildman–Crippen LogP) is 2.54. The van der Waals surface area contributed by atoms with Crippen molar-refractivity contribution in [3.8, 4) is 5.82 Å². The maximum atomic E-state index is 4.72. The molecule has 0 atom stereocenters. The molecule has 0 aliphatic heterocycles.